The van der Waals surface area contributed by atoms with Gasteiger partial charge < -0.3 is 20.3 Å². The number of fused-ring (bicyclic) bond motifs is 1. The molecule has 4 rings (SSSR count). The van der Waals surface area contributed by atoms with Gasteiger partial charge in [0.25, 0.3) is 5.91 Å². The van der Waals surface area contributed by atoms with Gasteiger partial charge in [0.05, 0.1) is 16.8 Å². The number of benzene rings is 1. The number of carbonyl (C=O) groups is 2. The molecule has 3 heterocycles. The van der Waals surface area contributed by atoms with Gasteiger partial charge in [-0.2, -0.15) is 5.26 Å². The number of alkyl carbamates (subject to hydrolysis) is 1. The van der Waals surface area contributed by atoms with Gasteiger partial charge in [-0.1, -0.05) is 6.07 Å². The lowest BCUT2D eigenvalue weighted by molar-refractivity contribution is 0.0497. The summed E-state index contributed by atoms with van der Waals surface area (Å²) in [5, 5.41) is 14.8. The summed E-state index contributed by atoms with van der Waals surface area (Å²) in [6, 6.07) is 6.12. The predicted octanol–water partition coefficient (Wildman–Crippen LogP) is 4.26. The first kappa shape index (κ1) is 24.0. The van der Waals surface area contributed by atoms with Crippen molar-refractivity contribution in [3.8, 4) is 17.3 Å². The van der Waals surface area contributed by atoms with Crippen molar-refractivity contribution in [2.24, 2.45) is 0 Å². The Morgan fingerprint density at radius 2 is 2.06 bits per heavy atom. The molecule has 2 aliphatic heterocycles. The lowest BCUT2D eigenvalue weighted by Crippen LogP contribution is -2.46. The lowest BCUT2D eigenvalue weighted by Gasteiger charge is -2.34. The number of nitrogens with zero attached hydrogens (tertiary/aromatic N) is 3. The van der Waals surface area contributed by atoms with E-state index >= 15 is 0 Å². The monoisotopic (exact) mass is 529 g/mol. The maximum absolute atomic E-state index is 14.3. The minimum atomic E-state index is -0.626. The summed E-state index contributed by atoms with van der Waals surface area (Å²) < 4.78 is 20.3. The van der Waals surface area contributed by atoms with E-state index in [2.05, 4.69) is 26.6 Å². The van der Waals surface area contributed by atoms with Crippen molar-refractivity contribution >= 4 is 33.7 Å². The molecule has 0 unspecified atom stereocenters. The van der Waals surface area contributed by atoms with E-state index in [0.29, 0.717) is 59.6 Å². The summed E-state index contributed by atoms with van der Waals surface area (Å²) >= 11 is 3.55. The summed E-state index contributed by atoms with van der Waals surface area (Å²) in [6.07, 6.45) is 0.876. The first-order valence-electron chi connectivity index (χ1n) is 11.0. The number of nitrogens with one attached hydrogen (secondary N) is 2. The molecular weight excluding hydrogens is 505 g/mol. The molecule has 0 radical (unpaired) electrons. The molecule has 2 aliphatic rings. The van der Waals surface area contributed by atoms with E-state index in [1.54, 1.807) is 6.07 Å². The van der Waals surface area contributed by atoms with Gasteiger partial charge in [0, 0.05) is 41.3 Å². The van der Waals surface area contributed by atoms with Crippen molar-refractivity contribution in [1.82, 2.24) is 15.6 Å². The summed E-state index contributed by atoms with van der Waals surface area (Å²) in [5.41, 5.74) is 1.67. The zero-order valence-electron chi connectivity index (χ0n) is 19.2. The Hall–Kier alpha value is -3.19. The maximum Gasteiger partial charge on any atom is 0.407 e. The highest BCUT2D eigenvalue weighted by Crippen LogP contribution is 2.39. The van der Waals surface area contributed by atoms with Crippen LogP contribution >= 0.6 is 15.9 Å². The van der Waals surface area contributed by atoms with Crippen molar-refractivity contribution in [2.45, 2.75) is 51.8 Å². The molecule has 8 nitrogen and oxygen atoms in total. The fourth-order valence-corrected chi connectivity index (χ4v) is 4.80. The van der Waals surface area contributed by atoms with Crippen LogP contribution in [0.25, 0.3) is 11.3 Å². The van der Waals surface area contributed by atoms with Crippen molar-refractivity contribution in [2.75, 3.05) is 18.0 Å². The number of amides is 2. The second kappa shape index (κ2) is 9.22. The molecule has 0 aliphatic carbocycles. The van der Waals surface area contributed by atoms with Crippen LogP contribution in [0.5, 0.6) is 0 Å². The van der Waals surface area contributed by atoms with Crippen molar-refractivity contribution in [3.05, 3.63) is 45.2 Å². The standard InChI is InChI=1S/C24H25BrFN5O3/c1-24(2,3)34-23(33)29-15-6-8-31(9-7-15)21-18-16(12-28-22(18)32)19(25)20(30-21)13-4-5-14(11-27)17(26)10-13/h4-5,10,15H,6-9,12H2,1-3H3,(H,28,32)(H,29,33). The molecule has 2 amide bonds. The molecule has 0 bridgehead atoms. The Bertz CT molecular complexity index is 1200. The van der Waals surface area contributed by atoms with Gasteiger partial charge in [0.15, 0.2) is 0 Å². The predicted molar refractivity (Wildman–Crippen MR) is 128 cm³/mol. The Kier molecular flexibility index (Phi) is 6.49. The molecule has 1 fully saturated rings. The number of piperidine rings is 1. The SMILES string of the molecule is CC(C)(C)OC(=O)NC1CCN(c2nc(-c3ccc(C#N)c(F)c3)c(Br)c3c2C(=O)NC3)CC1. The summed E-state index contributed by atoms with van der Waals surface area (Å²) in [4.78, 5) is 31.6. The summed E-state index contributed by atoms with van der Waals surface area (Å²) in [5.74, 6) is -0.299. The molecule has 1 aromatic heterocycles. The largest absolute Gasteiger partial charge is 0.444 e. The smallest absolute Gasteiger partial charge is 0.407 e. The molecule has 10 heteroatoms. The van der Waals surface area contributed by atoms with Crippen LogP contribution < -0.4 is 15.5 Å². The van der Waals surface area contributed by atoms with Crippen LogP contribution in [0.1, 0.15) is 55.1 Å². The average Bonchev–Trinajstić information content (AvgIpc) is 3.16. The van der Waals surface area contributed by atoms with E-state index in [1.807, 2.05) is 31.7 Å². The molecular formula is C24H25BrFN5O3. The van der Waals surface area contributed by atoms with Gasteiger partial charge in [-0.15, -0.1) is 0 Å². The Morgan fingerprint density at radius 1 is 1.35 bits per heavy atom. The zero-order valence-corrected chi connectivity index (χ0v) is 20.8. The third-order valence-corrected chi connectivity index (χ3v) is 6.60. The number of nitriles is 1. The average molecular weight is 530 g/mol. The second-order valence-electron chi connectivity index (χ2n) is 9.35. The highest BCUT2D eigenvalue weighted by Gasteiger charge is 2.33. The maximum atomic E-state index is 14.3. The normalized spacial score (nSPS) is 16.0. The number of anilines is 1. The Labute approximate surface area is 205 Å². The van der Waals surface area contributed by atoms with Gasteiger partial charge in [-0.3, -0.25) is 4.79 Å². The number of rotatable bonds is 3. The highest BCUT2D eigenvalue weighted by molar-refractivity contribution is 9.10. The molecule has 1 saturated heterocycles. The number of hydrogen-bond acceptors (Lipinski definition) is 6. The minimum absolute atomic E-state index is 0.0438. The number of hydrogen-bond donors (Lipinski definition) is 2. The van der Waals surface area contributed by atoms with Crippen molar-refractivity contribution in [1.29, 1.82) is 5.26 Å². The molecule has 2 N–H and O–H groups in total. The van der Waals surface area contributed by atoms with Gasteiger partial charge in [-0.25, -0.2) is 14.2 Å². The number of carbonyl (C=O) groups excluding carboxylic acids is 2. The number of ether oxygens (including phenoxy) is 1. The molecule has 178 valence electrons. The van der Waals surface area contributed by atoms with E-state index in [0.717, 1.165) is 5.56 Å². The first-order valence-corrected chi connectivity index (χ1v) is 11.8. The van der Waals surface area contributed by atoms with E-state index in [1.165, 1.54) is 12.1 Å². The van der Waals surface area contributed by atoms with Crippen LogP contribution in [0.3, 0.4) is 0 Å². The second-order valence-corrected chi connectivity index (χ2v) is 10.1. The van der Waals surface area contributed by atoms with Gasteiger partial charge >= 0.3 is 6.09 Å². The topological polar surface area (TPSA) is 107 Å². The van der Waals surface area contributed by atoms with Crippen molar-refractivity contribution in [3.63, 3.8) is 0 Å². The fraction of sp³-hybridized carbons (Fsp3) is 0.417. The Balaban J connectivity index is 1.61. The summed E-state index contributed by atoms with van der Waals surface area (Å²) in [7, 11) is 0. The van der Waals surface area contributed by atoms with Crippen LogP contribution in [0.4, 0.5) is 15.0 Å². The molecule has 34 heavy (non-hydrogen) atoms. The van der Waals surface area contributed by atoms with E-state index < -0.39 is 17.5 Å². The molecule has 0 saturated carbocycles. The molecule has 2 aromatic rings. The van der Waals surface area contributed by atoms with Gasteiger partial charge in [0.1, 0.15) is 23.3 Å². The third kappa shape index (κ3) is 4.85. The molecule has 0 atom stereocenters. The van der Waals surface area contributed by atoms with Crippen LogP contribution in [-0.4, -0.2) is 41.7 Å². The zero-order chi connectivity index (χ0) is 24.6. The third-order valence-electron chi connectivity index (χ3n) is 5.75. The summed E-state index contributed by atoms with van der Waals surface area (Å²) in [6.45, 7) is 6.95. The van der Waals surface area contributed by atoms with Crippen LogP contribution in [-0.2, 0) is 11.3 Å². The quantitative estimate of drug-likeness (QED) is 0.615. The Morgan fingerprint density at radius 3 is 2.68 bits per heavy atom. The molecule has 1 aromatic carbocycles. The van der Waals surface area contributed by atoms with Crippen molar-refractivity contribution < 1.29 is 18.7 Å². The number of aromatic nitrogens is 1. The fourth-order valence-electron chi connectivity index (χ4n) is 4.14. The number of pyridine rings is 1. The molecule has 0 spiro atoms. The van der Waals surface area contributed by atoms with Crippen LogP contribution in [0.2, 0.25) is 0 Å². The van der Waals surface area contributed by atoms with Gasteiger partial charge in [-0.05, 0) is 61.7 Å². The minimum Gasteiger partial charge on any atom is -0.444 e. The number of halogens is 2. The lowest BCUT2D eigenvalue weighted by atomic mass is 10.0. The van der Waals surface area contributed by atoms with E-state index in [9.17, 15) is 14.0 Å². The van der Waals surface area contributed by atoms with Gasteiger partial charge in [0.2, 0.25) is 0 Å². The van der Waals surface area contributed by atoms with Crippen LogP contribution in [0.15, 0.2) is 22.7 Å². The van der Waals surface area contributed by atoms with E-state index in [-0.39, 0.29) is 17.5 Å². The van der Waals surface area contributed by atoms with E-state index in [4.69, 9.17) is 15.0 Å². The highest BCUT2D eigenvalue weighted by atomic mass is 79.9. The first-order chi connectivity index (χ1) is 16.1. The van der Waals surface area contributed by atoms with Crippen LogP contribution in [0, 0.1) is 17.1 Å².